The number of hydrogen-bond donors (Lipinski definition) is 0. The molecule has 1 aliphatic heterocycles. The van der Waals surface area contributed by atoms with Crippen LogP contribution in [0.25, 0.3) is 0 Å². The Morgan fingerprint density at radius 2 is 1.80 bits per heavy atom. The highest BCUT2D eigenvalue weighted by Gasteiger charge is 2.51. The van der Waals surface area contributed by atoms with Gasteiger partial charge in [0.15, 0.2) is 0 Å². The van der Waals surface area contributed by atoms with Crippen LogP contribution in [0.15, 0.2) is 54.6 Å². The molecule has 2 aromatic carbocycles. The summed E-state index contributed by atoms with van der Waals surface area (Å²) in [5.74, 6) is -0.802. The molecule has 0 aliphatic carbocycles. The highest BCUT2D eigenvalue weighted by Crippen LogP contribution is 2.36. The number of rotatable bonds is 4. The molecule has 6 heteroatoms. The van der Waals surface area contributed by atoms with Crippen molar-refractivity contribution in [2.24, 2.45) is 5.41 Å². The lowest BCUT2D eigenvalue weighted by molar-refractivity contribution is -0.228. The van der Waals surface area contributed by atoms with E-state index in [1.807, 2.05) is 24.3 Å². The Kier molecular flexibility index (Phi) is 4.79. The van der Waals surface area contributed by atoms with Gasteiger partial charge in [-0.05, 0) is 37.6 Å². The van der Waals surface area contributed by atoms with Gasteiger partial charge in [0.2, 0.25) is 6.29 Å². The van der Waals surface area contributed by atoms with Crippen LogP contribution >= 0.6 is 11.6 Å². The summed E-state index contributed by atoms with van der Waals surface area (Å²) in [6, 6.07) is 15.8. The van der Waals surface area contributed by atoms with Gasteiger partial charge in [0.05, 0.1) is 12.1 Å². The van der Waals surface area contributed by atoms with E-state index in [-0.39, 0.29) is 12.5 Å². The molecule has 0 saturated carbocycles. The van der Waals surface area contributed by atoms with Gasteiger partial charge in [0.1, 0.15) is 5.41 Å². The van der Waals surface area contributed by atoms with Gasteiger partial charge in [-0.3, -0.25) is 4.79 Å². The van der Waals surface area contributed by atoms with Gasteiger partial charge in [0.25, 0.3) is 5.91 Å². The molecule has 2 aromatic rings. The molecule has 130 valence electrons. The Morgan fingerprint density at radius 3 is 2.48 bits per heavy atom. The van der Waals surface area contributed by atoms with E-state index in [1.54, 1.807) is 44.2 Å². The van der Waals surface area contributed by atoms with Crippen molar-refractivity contribution in [3.63, 3.8) is 0 Å². The first-order valence-corrected chi connectivity index (χ1v) is 8.25. The fourth-order valence-corrected chi connectivity index (χ4v) is 2.71. The third-order valence-electron chi connectivity index (χ3n) is 4.09. The van der Waals surface area contributed by atoms with Crippen molar-refractivity contribution in [2.45, 2.75) is 26.7 Å². The first-order valence-electron chi connectivity index (χ1n) is 7.88. The van der Waals surface area contributed by atoms with Crippen LogP contribution in [-0.4, -0.2) is 23.2 Å². The van der Waals surface area contributed by atoms with Crippen LogP contribution in [0.3, 0.4) is 0 Å². The summed E-state index contributed by atoms with van der Waals surface area (Å²) < 4.78 is 5.42. The SMILES string of the molecule is CC1(C)C(=O)N(Cc2ccccc2Cl)OC1OC(=O)c1ccccc1. The summed E-state index contributed by atoms with van der Waals surface area (Å²) in [7, 11) is 0. The number of carbonyl (C=O) groups excluding carboxylic acids is 2. The maximum Gasteiger partial charge on any atom is 0.340 e. The number of esters is 1. The van der Waals surface area contributed by atoms with Crippen molar-refractivity contribution < 1.29 is 19.2 Å². The minimum Gasteiger partial charge on any atom is -0.429 e. The Balaban J connectivity index is 1.75. The standard InChI is InChI=1S/C19H18ClNO4/c1-19(2)17(23)21(12-14-10-6-7-11-15(14)20)25-18(19)24-16(22)13-8-4-3-5-9-13/h3-11,18H,12H2,1-2H3. The van der Waals surface area contributed by atoms with E-state index in [1.165, 1.54) is 5.06 Å². The van der Waals surface area contributed by atoms with Crippen molar-refractivity contribution in [1.82, 2.24) is 5.06 Å². The van der Waals surface area contributed by atoms with Gasteiger partial charge in [-0.2, -0.15) is 0 Å². The Hall–Kier alpha value is -2.37. The number of benzene rings is 2. The molecular formula is C19H18ClNO4. The van der Waals surface area contributed by atoms with Gasteiger partial charge < -0.3 is 4.74 Å². The molecule has 1 fully saturated rings. The molecule has 1 heterocycles. The van der Waals surface area contributed by atoms with E-state index >= 15 is 0 Å². The summed E-state index contributed by atoms with van der Waals surface area (Å²) in [4.78, 5) is 30.5. The lowest BCUT2D eigenvalue weighted by Crippen LogP contribution is -2.35. The molecule has 1 saturated heterocycles. The first-order chi connectivity index (χ1) is 11.9. The number of halogens is 1. The summed E-state index contributed by atoms with van der Waals surface area (Å²) in [6.45, 7) is 3.55. The van der Waals surface area contributed by atoms with Crippen LogP contribution in [0.4, 0.5) is 0 Å². The second-order valence-corrected chi connectivity index (χ2v) is 6.77. The maximum absolute atomic E-state index is 12.6. The zero-order chi connectivity index (χ0) is 18.0. The van der Waals surface area contributed by atoms with Gasteiger partial charge in [0, 0.05) is 5.02 Å². The minimum absolute atomic E-state index is 0.182. The van der Waals surface area contributed by atoms with E-state index in [4.69, 9.17) is 21.2 Å². The van der Waals surface area contributed by atoms with Crippen LogP contribution in [0.2, 0.25) is 5.02 Å². The molecule has 0 aromatic heterocycles. The van der Waals surface area contributed by atoms with Crippen LogP contribution in [-0.2, 0) is 20.9 Å². The van der Waals surface area contributed by atoms with Crippen molar-refractivity contribution in [1.29, 1.82) is 0 Å². The third-order valence-corrected chi connectivity index (χ3v) is 4.45. The quantitative estimate of drug-likeness (QED) is 0.779. The second-order valence-electron chi connectivity index (χ2n) is 6.36. The van der Waals surface area contributed by atoms with E-state index in [9.17, 15) is 9.59 Å². The van der Waals surface area contributed by atoms with Crippen LogP contribution in [0, 0.1) is 5.41 Å². The predicted octanol–water partition coefficient (Wildman–Crippen LogP) is 3.82. The molecule has 0 N–H and O–H groups in total. The molecule has 0 radical (unpaired) electrons. The highest BCUT2D eigenvalue weighted by molar-refractivity contribution is 6.31. The molecule has 25 heavy (non-hydrogen) atoms. The Bertz CT molecular complexity index is 791. The lowest BCUT2D eigenvalue weighted by Gasteiger charge is -2.20. The largest absolute Gasteiger partial charge is 0.429 e. The van der Waals surface area contributed by atoms with E-state index < -0.39 is 17.7 Å². The van der Waals surface area contributed by atoms with Crippen LogP contribution in [0.1, 0.15) is 29.8 Å². The van der Waals surface area contributed by atoms with Crippen LogP contribution < -0.4 is 0 Å². The topological polar surface area (TPSA) is 55.8 Å². The molecule has 0 bridgehead atoms. The van der Waals surface area contributed by atoms with Crippen molar-refractivity contribution >= 4 is 23.5 Å². The van der Waals surface area contributed by atoms with E-state index in [0.717, 1.165) is 5.56 Å². The number of hydrogen-bond acceptors (Lipinski definition) is 4. The zero-order valence-corrected chi connectivity index (χ0v) is 14.7. The number of nitrogens with zero attached hydrogens (tertiary/aromatic N) is 1. The molecule has 5 nitrogen and oxygen atoms in total. The normalized spacial score (nSPS) is 19.1. The zero-order valence-electron chi connectivity index (χ0n) is 13.9. The Morgan fingerprint density at radius 1 is 1.16 bits per heavy atom. The lowest BCUT2D eigenvalue weighted by atomic mass is 9.92. The molecule has 1 unspecified atom stereocenters. The third kappa shape index (κ3) is 3.52. The second kappa shape index (κ2) is 6.86. The highest BCUT2D eigenvalue weighted by atomic mass is 35.5. The average molecular weight is 360 g/mol. The minimum atomic E-state index is -1.00. The number of carbonyl (C=O) groups is 2. The smallest absolute Gasteiger partial charge is 0.340 e. The van der Waals surface area contributed by atoms with E-state index in [2.05, 4.69) is 0 Å². The summed E-state index contributed by atoms with van der Waals surface area (Å²) >= 11 is 6.14. The van der Waals surface area contributed by atoms with Crippen molar-refractivity contribution in [3.05, 3.63) is 70.7 Å². The van der Waals surface area contributed by atoms with Gasteiger partial charge in [-0.1, -0.05) is 48.0 Å². The number of ether oxygens (including phenoxy) is 1. The first kappa shape index (κ1) is 17.5. The van der Waals surface area contributed by atoms with Crippen molar-refractivity contribution in [2.75, 3.05) is 0 Å². The molecule has 1 atom stereocenters. The Labute approximate surface area is 151 Å². The maximum atomic E-state index is 12.6. The van der Waals surface area contributed by atoms with Gasteiger partial charge in [-0.25, -0.2) is 14.7 Å². The molecular weight excluding hydrogens is 342 g/mol. The summed E-state index contributed by atoms with van der Waals surface area (Å²) in [5.41, 5.74) is 0.161. The summed E-state index contributed by atoms with van der Waals surface area (Å²) in [5, 5.41) is 1.74. The monoisotopic (exact) mass is 359 g/mol. The molecule has 1 amide bonds. The fourth-order valence-electron chi connectivity index (χ4n) is 2.52. The van der Waals surface area contributed by atoms with Crippen molar-refractivity contribution in [3.8, 4) is 0 Å². The van der Waals surface area contributed by atoms with Gasteiger partial charge in [-0.15, -0.1) is 0 Å². The fraction of sp³-hybridized carbons (Fsp3) is 0.263. The number of hydroxylamine groups is 2. The predicted molar refractivity (Wildman–Crippen MR) is 92.5 cm³/mol. The average Bonchev–Trinajstić information content (AvgIpc) is 2.81. The molecule has 1 aliphatic rings. The van der Waals surface area contributed by atoms with Gasteiger partial charge >= 0.3 is 5.97 Å². The molecule has 0 spiro atoms. The molecule has 3 rings (SSSR count). The van der Waals surface area contributed by atoms with Crippen LogP contribution in [0.5, 0.6) is 0 Å². The van der Waals surface area contributed by atoms with E-state index in [0.29, 0.717) is 10.6 Å². The summed E-state index contributed by atoms with van der Waals surface area (Å²) in [6.07, 6.45) is -1.00. The number of amides is 1.